The van der Waals surface area contributed by atoms with E-state index in [4.69, 9.17) is 9.47 Å². The van der Waals surface area contributed by atoms with Gasteiger partial charge in [0, 0.05) is 6.08 Å². The number of carbonyl (C=O) groups is 1. The SMILES string of the molecule is COc1cc(/C=C/C(=O)N(c2ccc(C)cc2)S(=O)(=O)c2ccc(C)cc2)ccc1OCCC(C)C. The van der Waals surface area contributed by atoms with Crippen molar-refractivity contribution in [3.05, 3.63) is 89.5 Å². The van der Waals surface area contributed by atoms with Gasteiger partial charge in [-0.05, 0) is 74.2 Å². The Balaban J connectivity index is 1.91. The average molecular weight is 508 g/mol. The van der Waals surface area contributed by atoms with E-state index >= 15 is 0 Å². The fraction of sp³-hybridized carbons (Fsp3) is 0.276. The zero-order valence-corrected chi connectivity index (χ0v) is 22.2. The highest BCUT2D eigenvalue weighted by Gasteiger charge is 2.29. The molecule has 0 saturated carbocycles. The number of anilines is 1. The van der Waals surface area contributed by atoms with Gasteiger partial charge in [-0.15, -0.1) is 0 Å². The second kappa shape index (κ2) is 11.9. The van der Waals surface area contributed by atoms with Crippen molar-refractivity contribution in [2.45, 2.75) is 39.0 Å². The van der Waals surface area contributed by atoms with Gasteiger partial charge in [0.1, 0.15) is 0 Å². The van der Waals surface area contributed by atoms with Crippen LogP contribution in [0.2, 0.25) is 0 Å². The van der Waals surface area contributed by atoms with Crippen LogP contribution in [-0.2, 0) is 14.8 Å². The number of benzene rings is 3. The van der Waals surface area contributed by atoms with Crippen LogP contribution >= 0.6 is 0 Å². The Morgan fingerprint density at radius 3 is 2.11 bits per heavy atom. The highest BCUT2D eigenvalue weighted by Crippen LogP contribution is 2.30. The minimum Gasteiger partial charge on any atom is -0.493 e. The molecule has 0 heterocycles. The van der Waals surface area contributed by atoms with Gasteiger partial charge in [-0.25, -0.2) is 8.42 Å². The molecule has 0 atom stereocenters. The second-order valence-electron chi connectivity index (χ2n) is 9.03. The van der Waals surface area contributed by atoms with E-state index in [0.29, 0.717) is 29.6 Å². The van der Waals surface area contributed by atoms with Gasteiger partial charge in [-0.1, -0.05) is 55.3 Å². The lowest BCUT2D eigenvalue weighted by Gasteiger charge is -2.21. The summed E-state index contributed by atoms with van der Waals surface area (Å²) in [6.45, 7) is 8.60. The van der Waals surface area contributed by atoms with Crippen molar-refractivity contribution in [1.29, 1.82) is 0 Å². The molecule has 0 radical (unpaired) electrons. The standard InChI is InChI=1S/C29H33NO5S/c1-21(2)18-19-35-27-16-10-24(20-28(27)34-5)11-17-29(31)30(25-12-6-22(3)7-13-25)36(32,33)26-14-8-23(4)9-15-26/h6-17,20-21H,18-19H2,1-5H3/b17-11+. The topological polar surface area (TPSA) is 72.9 Å². The zero-order valence-electron chi connectivity index (χ0n) is 21.4. The van der Waals surface area contributed by atoms with Crippen LogP contribution < -0.4 is 13.8 Å². The van der Waals surface area contributed by atoms with E-state index in [-0.39, 0.29) is 10.6 Å². The van der Waals surface area contributed by atoms with Crippen molar-refractivity contribution >= 4 is 27.7 Å². The maximum Gasteiger partial charge on any atom is 0.271 e. The quantitative estimate of drug-likeness (QED) is 0.307. The van der Waals surface area contributed by atoms with E-state index in [0.717, 1.165) is 21.9 Å². The highest BCUT2D eigenvalue weighted by atomic mass is 32.2. The Morgan fingerprint density at radius 2 is 1.53 bits per heavy atom. The van der Waals surface area contributed by atoms with Crippen LogP contribution in [-0.4, -0.2) is 28.0 Å². The summed E-state index contributed by atoms with van der Waals surface area (Å²) in [4.78, 5) is 13.4. The lowest BCUT2D eigenvalue weighted by Crippen LogP contribution is -2.35. The molecule has 3 aromatic carbocycles. The summed E-state index contributed by atoms with van der Waals surface area (Å²) in [5.41, 5.74) is 2.82. The summed E-state index contributed by atoms with van der Waals surface area (Å²) >= 11 is 0. The van der Waals surface area contributed by atoms with E-state index < -0.39 is 15.9 Å². The predicted octanol–water partition coefficient (Wildman–Crippen LogP) is 6.17. The van der Waals surface area contributed by atoms with Gasteiger partial charge in [0.25, 0.3) is 15.9 Å². The summed E-state index contributed by atoms with van der Waals surface area (Å²) in [6, 6.07) is 18.5. The van der Waals surface area contributed by atoms with E-state index in [1.165, 1.54) is 18.2 Å². The Labute approximate surface area is 214 Å². The molecule has 0 aliphatic rings. The molecule has 0 aliphatic heterocycles. The maximum atomic E-state index is 13.5. The maximum absolute atomic E-state index is 13.5. The smallest absolute Gasteiger partial charge is 0.271 e. The predicted molar refractivity (Wildman–Crippen MR) is 144 cm³/mol. The van der Waals surface area contributed by atoms with Crippen LogP contribution in [0.5, 0.6) is 11.5 Å². The number of aryl methyl sites for hydroxylation is 2. The summed E-state index contributed by atoms with van der Waals surface area (Å²) in [6.07, 6.45) is 3.73. The first kappa shape index (κ1) is 27.0. The molecule has 1 amide bonds. The number of rotatable bonds is 10. The number of hydrogen-bond donors (Lipinski definition) is 0. The average Bonchev–Trinajstić information content (AvgIpc) is 2.84. The van der Waals surface area contributed by atoms with Gasteiger partial charge in [0.05, 0.1) is 24.3 Å². The van der Waals surface area contributed by atoms with E-state index in [2.05, 4.69) is 13.8 Å². The molecule has 0 bridgehead atoms. The first-order valence-corrected chi connectivity index (χ1v) is 13.3. The molecule has 0 fully saturated rings. The van der Waals surface area contributed by atoms with Crippen LogP contribution in [0.1, 0.15) is 37.0 Å². The first-order valence-electron chi connectivity index (χ1n) is 11.8. The van der Waals surface area contributed by atoms with Gasteiger partial charge < -0.3 is 9.47 Å². The van der Waals surface area contributed by atoms with Crippen molar-refractivity contribution in [3.63, 3.8) is 0 Å². The Hall–Kier alpha value is -3.58. The number of sulfonamides is 1. The van der Waals surface area contributed by atoms with Crippen molar-refractivity contribution in [1.82, 2.24) is 0 Å². The van der Waals surface area contributed by atoms with Crippen molar-refractivity contribution < 1.29 is 22.7 Å². The third-order valence-electron chi connectivity index (χ3n) is 5.59. The molecule has 36 heavy (non-hydrogen) atoms. The summed E-state index contributed by atoms with van der Waals surface area (Å²) in [7, 11) is -2.58. The summed E-state index contributed by atoms with van der Waals surface area (Å²) < 4.78 is 39.1. The molecule has 7 heteroatoms. The number of hydrogen-bond acceptors (Lipinski definition) is 5. The Bertz CT molecular complexity index is 1310. The fourth-order valence-electron chi connectivity index (χ4n) is 3.43. The van der Waals surface area contributed by atoms with Gasteiger partial charge in [0.2, 0.25) is 0 Å². The number of amides is 1. The normalized spacial score (nSPS) is 11.6. The zero-order chi connectivity index (χ0) is 26.3. The first-order chi connectivity index (χ1) is 17.1. The molecular weight excluding hydrogens is 474 g/mol. The number of carbonyl (C=O) groups excluding carboxylic acids is 1. The summed E-state index contributed by atoms with van der Waals surface area (Å²) in [5, 5.41) is 0. The molecule has 6 nitrogen and oxygen atoms in total. The van der Waals surface area contributed by atoms with Crippen LogP contribution in [0.4, 0.5) is 5.69 Å². The van der Waals surface area contributed by atoms with Crippen LogP contribution in [0.15, 0.2) is 77.7 Å². The number of nitrogens with zero attached hydrogens (tertiary/aromatic N) is 1. The second-order valence-corrected chi connectivity index (χ2v) is 10.8. The molecule has 3 aromatic rings. The lowest BCUT2D eigenvalue weighted by atomic mass is 10.1. The van der Waals surface area contributed by atoms with Crippen molar-refractivity contribution in [2.24, 2.45) is 5.92 Å². The largest absolute Gasteiger partial charge is 0.493 e. The molecule has 0 aromatic heterocycles. The molecule has 0 unspecified atom stereocenters. The molecule has 0 spiro atoms. The lowest BCUT2D eigenvalue weighted by molar-refractivity contribution is -0.113. The molecular formula is C29H33NO5S. The minimum absolute atomic E-state index is 0.0417. The number of methoxy groups -OCH3 is 1. The molecule has 0 N–H and O–H groups in total. The molecule has 0 saturated heterocycles. The van der Waals surface area contributed by atoms with Gasteiger partial charge >= 0.3 is 0 Å². The molecule has 3 rings (SSSR count). The van der Waals surface area contributed by atoms with Crippen molar-refractivity contribution in [3.8, 4) is 11.5 Å². The van der Waals surface area contributed by atoms with Crippen LogP contribution in [0.3, 0.4) is 0 Å². The van der Waals surface area contributed by atoms with Crippen LogP contribution in [0, 0.1) is 19.8 Å². The van der Waals surface area contributed by atoms with E-state index in [9.17, 15) is 13.2 Å². The van der Waals surface area contributed by atoms with Crippen LogP contribution in [0.25, 0.3) is 6.08 Å². The molecule has 190 valence electrons. The van der Waals surface area contributed by atoms with Crippen molar-refractivity contribution in [2.75, 3.05) is 18.0 Å². The highest BCUT2D eigenvalue weighted by molar-refractivity contribution is 7.93. The number of ether oxygens (including phenoxy) is 2. The van der Waals surface area contributed by atoms with E-state index in [1.807, 2.05) is 13.8 Å². The minimum atomic E-state index is -4.14. The summed E-state index contributed by atoms with van der Waals surface area (Å²) in [5.74, 6) is 0.994. The van der Waals surface area contributed by atoms with Gasteiger partial charge in [-0.2, -0.15) is 4.31 Å². The van der Waals surface area contributed by atoms with Gasteiger partial charge in [0.15, 0.2) is 11.5 Å². The molecule has 0 aliphatic carbocycles. The Morgan fingerprint density at radius 1 is 0.917 bits per heavy atom. The van der Waals surface area contributed by atoms with Gasteiger partial charge in [-0.3, -0.25) is 4.79 Å². The Kier molecular flexibility index (Phi) is 8.93. The fourth-order valence-corrected chi connectivity index (χ4v) is 4.82. The third-order valence-corrected chi connectivity index (χ3v) is 7.33. The third kappa shape index (κ3) is 6.76. The monoisotopic (exact) mass is 507 g/mol. The van der Waals surface area contributed by atoms with E-state index in [1.54, 1.807) is 67.8 Å².